The minimum absolute atomic E-state index is 0.0272. The summed E-state index contributed by atoms with van der Waals surface area (Å²) in [7, 11) is 0. The van der Waals surface area contributed by atoms with Gasteiger partial charge in [0, 0.05) is 31.5 Å². The number of hydrogen-bond donors (Lipinski definition) is 1. The third-order valence-electron chi connectivity index (χ3n) is 4.03. The van der Waals surface area contributed by atoms with Crippen LogP contribution in [0.25, 0.3) is 11.0 Å². The first-order chi connectivity index (χ1) is 12.0. The van der Waals surface area contributed by atoms with Gasteiger partial charge < -0.3 is 19.8 Å². The number of rotatable bonds is 6. The standard InChI is InChI=1S/C17H18N4O4/c1-11-3-4-14-13(8-17(22)25-15(14)7-11)9-18-5-6-20-12(2)19-10-16(20)21(23)24/h3-4,7-8,10,18H,5-6,9H2,1-2H3. The van der Waals surface area contributed by atoms with Crippen molar-refractivity contribution in [3.8, 4) is 0 Å². The van der Waals surface area contributed by atoms with Crippen LogP contribution in [0.1, 0.15) is 17.0 Å². The molecule has 0 aliphatic rings. The van der Waals surface area contributed by atoms with E-state index in [-0.39, 0.29) is 5.82 Å². The number of fused-ring (bicyclic) bond motifs is 1. The average Bonchev–Trinajstić information content (AvgIpc) is 2.92. The van der Waals surface area contributed by atoms with Crippen molar-refractivity contribution in [3.63, 3.8) is 0 Å². The Morgan fingerprint density at radius 2 is 2.12 bits per heavy atom. The molecule has 8 nitrogen and oxygen atoms in total. The highest BCUT2D eigenvalue weighted by Crippen LogP contribution is 2.18. The van der Waals surface area contributed by atoms with Gasteiger partial charge in [0.15, 0.2) is 5.82 Å². The molecule has 0 atom stereocenters. The lowest BCUT2D eigenvalue weighted by atomic mass is 10.1. The van der Waals surface area contributed by atoms with Crippen molar-refractivity contribution in [3.05, 3.63) is 67.9 Å². The molecule has 0 unspecified atom stereocenters. The van der Waals surface area contributed by atoms with Crippen molar-refractivity contribution in [2.75, 3.05) is 6.54 Å². The number of aryl methyl sites for hydroxylation is 2. The number of nitrogens with one attached hydrogen (secondary N) is 1. The molecule has 2 heterocycles. The highest BCUT2D eigenvalue weighted by molar-refractivity contribution is 5.80. The average molecular weight is 342 g/mol. The summed E-state index contributed by atoms with van der Waals surface area (Å²) in [5.74, 6) is 0.565. The van der Waals surface area contributed by atoms with Crippen LogP contribution in [0, 0.1) is 24.0 Å². The smallest absolute Gasteiger partial charge is 0.342 e. The molecule has 25 heavy (non-hydrogen) atoms. The molecule has 0 amide bonds. The summed E-state index contributed by atoms with van der Waals surface area (Å²) in [5.41, 5.74) is 2.02. The Kier molecular flexibility index (Phi) is 4.62. The van der Waals surface area contributed by atoms with Crippen LogP contribution in [0.4, 0.5) is 5.82 Å². The van der Waals surface area contributed by atoms with Gasteiger partial charge in [0.2, 0.25) is 0 Å². The first-order valence-corrected chi connectivity index (χ1v) is 7.86. The topological polar surface area (TPSA) is 103 Å². The number of hydrogen-bond acceptors (Lipinski definition) is 6. The van der Waals surface area contributed by atoms with Gasteiger partial charge in [-0.15, -0.1) is 0 Å². The van der Waals surface area contributed by atoms with E-state index in [1.54, 1.807) is 11.5 Å². The third kappa shape index (κ3) is 3.58. The molecule has 8 heteroatoms. The summed E-state index contributed by atoms with van der Waals surface area (Å²) in [5, 5.41) is 15.1. The highest BCUT2D eigenvalue weighted by Gasteiger charge is 2.16. The van der Waals surface area contributed by atoms with Crippen LogP contribution in [-0.2, 0) is 13.1 Å². The molecule has 0 spiro atoms. The molecule has 0 aliphatic carbocycles. The van der Waals surface area contributed by atoms with Gasteiger partial charge in [0.1, 0.15) is 18.3 Å². The van der Waals surface area contributed by atoms with E-state index < -0.39 is 10.5 Å². The van der Waals surface area contributed by atoms with Gasteiger partial charge in [-0.25, -0.2) is 14.3 Å². The van der Waals surface area contributed by atoms with Gasteiger partial charge in [0.25, 0.3) is 0 Å². The number of aromatic nitrogens is 2. The maximum atomic E-state index is 11.7. The Bertz CT molecular complexity index is 990. The quantitative estimate of drug-likeness (QED) is 0.319. The minimum Gasteiger partial charge on any atom is -0.423 e. The predicted molar refractivity (Wildman–Crippen MR) is 92.5 cm³/mol. The van der Waals surface area contributed by atoms with Crippen LogP contribution >= 0.6 is 0 Å². The molecule has 1 N–H and O–H groups in total. The summed E-state index contributed by atoms with van der Waals surface area (Å²) in [4.78, 5) is 26.2. The molecule has 0 radical (unpaired) electrons. The number of nitrogens with zero attached hydrogens (tertiary/aromatic N) is 3. The van der Waals surface area contributed by atoms with Crippen molar-refractivity contribution in [2.45, 2.75) is 26.9 Å². The van der Waals surface area contributed by atoms with E-state index in [4.69, 9.17) is 4.42 Å². The summed E-state index contributed by atoms with van der Waals surface area (Å²) in [6.45, 7) is 5.05. The lowest BCUT2D eigenvalue weighted by molar-refractivity contribution is -0.392. The maximum absolute atomic E-state index is 11.7. The van der Waals surface area contributed by atoms with Crippen molar-refractivity contribution in [1.29, 1.82) is 0 Å². The van der Waals surface area contributed by atoms with E-state index in [1.165, 1.54) is 12.3 Å². The number of benzene rings is 1. The molecule has 1 aromatic carbocycles. The fraction of sp³-hybridized carbons (Fsp3) is 0.294. The summed E-state index contributed by atoms with van der Waals surface area (Å²) in [6, 6.07) is 7.19. The van der Waals surface area contributed by atoms with Gasteiger partial charge in [-0.05, 0) is 29.0 Å². The molecule has 130 valence electrons. The van der Waals surface area contributed by atoms with Crippen LogP contribution in [0.15, 0.2) is 39.7 Å². The van der Waals surface area contributed by atoms with Gasteiger partial charge in [0.05, 0.1) is 0 Å². The zero-order valence-corrected chi connectivity index (χ0v) is 14.0. The Morgan fingerprint density at radius 1 is 1.32 bits per heavy atom. The lowest BCUT2D eigenvalue weighted by Crippen LogP contribution is -2.21. The third-order valence-corrected chi connectivity index (χ3v) is 4.03. The predicted octanol–water partition coefficient (Wildman–Crippen LogP) is 2.30. The second-order valence-electron chi connectivity index (χ2n) is 5.84. The van der Waals surface area contributed by atoms with Crippen molar-refractivity contribution in [1.82, 2.24) is 14.9 Å². The molecule has 0 saturated heterocycles. The van der Waals surface area contributed by atoms with Crippen LogP contribution in [0.2, 0.25) is 0 Å². The Morgan fingerprint density at radius 3 is 2.88 bits per heavy atom. The van der Waals surface area contributed by atoms with Crippen LogP contribution in [-0.4, -0.2) is 21.0 Å². The highest BCUT2D eigenvalue weighted by atomic mass is 16.6. The number of nitro groups is 1. The van der Waals surface area contributed by atoms with Crippen LogP contribution < -0.4 is 10.9 Å². The fourth-order valence-electron chi connectivity index (χ4n) is 2.78. The first kappa shape index (κ1) is 16.8. The number of imidazole rings is 1. The largest absolute Gasteiger partial charge is 0.423 e. The van der Waals surface area contributed by atoms with Crippen LogP contribution in [0.3, 0.4) is 0 Å². The SMILES string of the molecule is Cc1ccc2c(CNCCn3c([N+](=O)[O-])cnc3C)cc(=O)oc2c1. The van der Waals surface area contributed by atoms with E-state index >= 15 is 0 Å². The second kappa shape index (κ2) is 6.86. The van der Waals surface area contributed by atoms with E-state index in [0.717, 1.165) is 16.5 Å². The molecular formula is C17H18N4O4. The molecular weight excluding hydrogens is 324 g/mol. The summed E-state index contributed by atoms with van der Waals surface area (Å²) < 4.78 is 6.78. The molecule has 0 bridgehead atoms. The summed E-state index contributed by atoms with van der Waals surface area (Å²) in [6.07, 6.45) is 1.26. The van der Waals surface area contributed by atoms with Gasteiger partial charge in [-0.1, -0.05) is 12.1 Å². The van der Waals surface area contributed by atoms with E-state index in [2.05, 4.69) is 10.3 Å². The summed E-state index contributed by atoms with van der Waals surface area (Å²) >= 11 is 0. The fourth-order valence-corrected chi connectivity index (χ4v) is 2.78. The van der Waals surface area contributed by atoms with Crippen molar-refractivity contribution < 1.29 is 9.34 Å². The molecule has 3 rings (SSSR count). The van der Waals surface area contributed by atoms with E-state index in [9.17, 15) is 14.9 Å². The van der Waals surface area contributed by atoms with Crippen molar-refractivity contribution >= 4 is 16.8 Å². The molecule has 0 fully saturated rings. The van der Waals surface area contributed by atoms with Gasteiger partial charge in [-0.2, -0.15) is 0 Å². The van der Waals surface area contributed by atoms with E-state index in [1.807, 2.05) is 25.1 Å². The van der Waals surface area contributed by atoms with Crippen molar-refractivity contribution in [2.24, 2.45) is 0 Å². The minimum atomic E-state index is -0.446. The molecule has 2 aromatic heterocycles. The maximum Gasteiger partial charge on any atom is 0.342 e. The Balaban J connectivity index is 1.71. The Hall–Kier alpha value is -3.00. The molecule has 0 saturated carbocycles. The zero-order chi connectivity index (χ0) is 18.0. The van der Waals surface area contributed by atoms with E-state index in [0.29, 0.717) is 31.0 Å². The Labute approximate surface area is 143 Å². The van der Waals surface area contributed by atoms with Gasteiger partial charge in [-0.3, -0.25) is 0 Å². The molecule has 3 aromatic rings. The van der Waals surface area contributed by atoms with Crippen LogP contribution in [0.5, 0.6) is 0 Å². The zero-order valence-electron chi connectivity index (χ0n) is 14.0. The first-order valence-electron chi connectivity index (χ1n) is 7.86. The lowest BCUT2D eigenvalue weighted by Gasteiger charge is -2.08. The molecule has 0 aliphatic heterocycles. The second-order valence-corrected chi connectivity index (χ2v) is 5.84. The monoisotopic (exact) mass is 342 g/mol. The normalized spacial score (nSPS) is 11.1. The van der Waals surface area contributed by atoms with Gasteiger partial charge >= 0.3 is 11.4 Å².